The molecule has 0 atom stereocenters. The summed E-state index contributed by atoms with van der Waals surface area (Å²) >= 11 is 0. The molecule has 37 heavy (non-hydrogen) atoms. The van der Waals surface area contributed by atoms with Gasteiger partial charge in [-0.3, -0.25) is 0 Å². The number of phenols is 2. The number of hydrogen-bond donors (Lipinski definition) is 2. The highest BCUT2D eigenvalue weighted by atomic mass is 16.3. The second-order valence-corrected chi connectivity index (χ2v) is 9.26. The molecular formula is C34H29NO2. The van der Waals surface area contributed by atoms with E-state index in [-0.39, 0.29) is 11.5 Å². The molecule has 0 saturated carbocycles. The Kier molecular flexibility index (Phi) is 6.78. The van der Waals surface area contributed by atoms with Gasteiger partial charge in [0.15, 0.2) is 0 Å². The highest BCUT2D eigenvalue weighted by Gasteiger charge is 2.13. The van der Waals surface area contributed by atoms with Gasteiger partial charge in [-0.1, -0.05) is 71.8 Å². The summed E-state index contributed by atoms with van der Waals surface area (Å²) in [4.78, 5) is 2.25. The molecule has 0 fully saturated rings. The molecule has 0 aromatic heterocycles. The Balaban J connectivity index is 1.57. The first-order valence-electron chi connectivity index (χ1n) is 12.3. The molecule has 0 aliphatic heterocycles. The van der Waals surface area contributed by atoms with Gasteiger partial charge in [-0.05, 0) is 103 Å². The van der Waals surface area contributed by atoms with Crippen LogP contribution in [0.3, 0.4) is 0 Å². The van der Waals surface area contributed by atoms with Crippen LogP contribution in [0.5, 0.6) is 11.5 Å². The third kappa shape index (κ3) is 5.57. The molecule has 0 spiro atoms. The molecule has 0 aliphatic carbocycles. The number of aromatic hydroxyl groups is 2. The van der Waals surface area contributed by atoms with E-state index in [1.807, 2.05) is 24.3 Å². The molecule has 5 aromatic carbocycles. The molecule has 2 N–H and O–H groups in total. The summed E-state index contributed by atoms with van der Waals surface area (Å²) in [5.74, 6) is 0.400. The van der Waals surface area contributed by atoms with E-state index in [1.54, 1.807) is 24.3 Å². The summed E-state index contributed by atoms with van der Waals surface area (Å²) < 4.78 is 0. The maximum atomic E-state index is 10.1. The maximum absolute atomic E-state index is 10.1. The van der Waals surface area contributed by atoms with Crippen LogP contribution >= 0.6 is 0 Å². The van der Waals surface area contributed by atoms with Crippen LogP contribution in [0.25, 0.3) is 11.6 Å². The van der Waals surface area contributed by atoms with E-state index in [9.17, 15) is 10.2 Å². The molecule has 0 heterocycles. The van der Waals surface area contributed by atoms with E-state index in [4.69, 9.17) is 0 Å². The fraction of sp³-hybridized carbons (Fsp3) is 0.0588. The summed E-state index contributed by atoms with van der Waals surface area (Å²) in [5.41, 5.74) is 9.36. The Hall–Kier alpha value is -4.76. The van der Waals surface area contributed by atoms with E-state index in [0.717, 1.165) is 39.3 Å². The quantitative estimate of drug-likeness (QED) is 0.237. The van der Waals surface area contributed by atoms with E-state index in [0.29, 0.717) is 0 Å². The zero-order valence-electron chi connectivity index (χ0n) is 21.0. The zero-order chi connectivity index (χ0) is 25.8. The minimum Gasteiger partial charge on any atom is -0.508 e. The zero-order valence-corrected chi connectivity index (χ0v) is 21.0. The lowest BCUT2D eigenvalue weighted by molar-refractivity contribution is 0.475. The van der Waals surface area contributed by atoms with Gasteiger partial charge in [0.1, 0.15) is 11.5 Å². The van der Waals surface area contributed by atoms with Crippen molar-refractivity contribution < 1.29 is 10.2 Å². The lowest BCUT2D eigenvalue weighted by Crippen LogP contribution is -2.09. The van der Waals surface area contributed by atoms with Crippen molar-refractivity contribution in [2.75, 3.05) is 4.90 Å². The standard InChI is InChI=1S/C34H29NO2/c1-24-9-15-29(16-10-24)35(30-17-11-25(2)12-18-30)31-19-13-26(14-20-31)21-34(27-5-3-7-32(36)22-27)28-6-4-8-33(37)23-28/h3-23,36-37H,1-2H3. The van der Waals surface area contributed by atoms with Crippen LogP contribution in [0.4, 0.5) is 17.1 Å². The Morgan fingerprint density at radius 1 is 0.541 bits per heavy atom. The molecule has 3 nitrogen and oxygen atoms in total. The molecule has 182 valence electrons. The minimum absolute atomic E-state index is 0.200. The number of rotatable bonds is 6. The second kappa shape index (κ2) is 10.5. The van der Waals surface area contributed by atoms with E-state index >= 15 is 0 Å². The van der Waals surface area contributed by atoms with Gasteiger partial charge in [0.2, 0.25) is 0 Å². The number of benzene rings is 5. The van der Waals surface area contributed by atoms with Crippen molar-refractivity contribution in [1.29, 1.82) is 0 Å². The summed E-state index contributed by atoms with van der Waals surface area (Å²) in [6, 6.07) is 39.9. The normalized spacial score (nSPS) is 10.6. The maximum Gasteiger partial charge on any atom is 0.116 e. The van der Waals surface area contributed by atoms with Crippen molar-refractivity contribution in [1.82, 2.24) is 0 Å². The van der Waals surface area contributed by atoms with E-state index in [1.165, 1.54) is 11.1 Å². The SMILES string of the molecule is Cc1ccc(N(c2ccc(C)cc2)c2ccc(C=C(c3cccc(O)c3)c3cccc(O)c3)cc2)cc1. The predicted octanol–water partition coefficient (Wildman–Crippen LogP) is 8.77. The van der Waals surface area contributed by atoms with Crippen molar-refractivity contribution >= 4 is 28.7 Å². The van der Waals surface area contributed by atoms with Crippen LogP contribution < -0.4 is 4.90 Å². The number of nitrogens with zero attached hydrogens (tertiary/aromatic N) is 1. The Morgan fingerprint density at radius 2 is 0.946 bits per heavy atom. The number of hydrogen-bond acceptors (Lipinski definition) is 3. The third-order valence-corrected chi connectivity index (χ3v) is 6.36. The van der Waals surface area contributed by atoms with E-state index in [2.05, 4.69) is 97.6 Å². The summed E-state index contributed by atoms with van der Waals surface area (Å²) in [6.45, 7) is 4.19. The lowest BCUT2D eigenvalue weighted by atomic mass is 9.95. The molecular weight excluding hydrogens is 454 g/mol. The van der Waals surface area contributed by atoms with Gasteiger partial charge in [-0.25, -0.2) is 0 Å². The van der Waals surface area contributed by atoms with Crippen LogP contribution in [0.15, 0.2) is 121 Å². The van der Waals surface area contributed by atoms with Crippen LogP contribution in [0.2, 0.25) is 0 Å². The largest absolute Gasteiger partial charge is 0.508 e. The van der Waals surface area contributed by atoms with Crippen molar-refractivity contribution in [3.05, 3.63) is 149 Å². The predicted molar refractivity (Wildman–Crippen MR) is 154 cm³/mol. The Bertz CT molecular complexity index is 1440. The van der Waals surface area contributed by atoms with Gasteiger partial charge in [0.05, 0.1) is 0 Å². The number of aryl methyl sites for hydroxylation is 2. The first-order valence-corrected chi connectivity index (χ1v) is 12.3. The molecule has 0 unspecified atom stereocenters. The number of anilines is 3. The second-order valence-electron chi connectivity index (χ2n) is 9.26. The van der Waals surface area contributed by atoms with E-state index < -0.39 is 0 Å². The fourth-order valence-electron chi connectivity index (χ4n) is 4.40. The summed E-state index contributed by atoms with van der Waals surface area (Å²) in [5, 5.41) is 20.2. The fourth-order valence-corrected chi connectivity index (χ4v) is 4.40. The number of phenolic OH excluding ortho intramolecular Hbond substituents is 2. The molecule has 0 aliphatic rings. The molecule has 0 radical (unpaired) electrons. The Morgan fingerprint density at radius 3 is 1.35 bits per heavy atom. The van der Waals surface area contributed by atoms with Gasteiger partial charge < -0.3 is 15.1 Å². The average molecular weight is 484 g/mol. The highest BCUT2D eigenvalue weighted by molar-refractivity contribution is 5.92. The average Bonchev–Trinajstić information content (AvgIpc) is 2.90. The Labute approximate surface area is 218 Å². The first-order chi connectivity index (χ1) is 18.0. The van der Waals surface area contributed by atoms with Crippen molar-refractivity contribution in [2.24, 2.45) is 0 Å². The van der Waals surface area contributed by atoms with Crippen LogP contribution in [0, 0.1) is 13.8 Å². The monoisotopic (exact) mass is 483 g/mol. The van der Waals surface area contributed by atoms with Gasteiger partial charge in [0.25, 0.3) is 0 Å². The molecule has 5 rings (SSSR count). The minimum atomic E-state index is 0.200. The van der Waals surface area contributed by atoms with Crippen molar-refractivity contribution in [3.63, 3.8) is 0 Å². The molecule has 0 bridgehead atoms. The highest BCUT2D eigenvalue weighted by Crippen LogP contribution is 2.36. The van der Waals surface area contributed by atoms with Gasteiger partial charge in [-0.15, -0.1) is 0 Å². The molecule has 0 amide bonds. The van der Waals surface area contributed by atoms with Crippen LogP contribution in [0.1, 0.15) is 27.8 Å². The topological polar surface area (TPSA) is 43.7 Å². The van der Waals surface area contributed by atoms with Crippen LogP contribution in [-0.2, 0) is 0 Å². The van der Waals surface area contributed by atoms with Crippen molar-refractivity contribution in [2.45, 2.75) is 13.8 Å². The molecule has 0 saturated heterocycles. The smallest absolute Gasteiger partial charge is 0.116 e. The van der Waals surface area contributed by atoms with Gasteiger partial charge in [0, 0.05) is 17.1 Å². The van der Waals surface area contributed by atoms with Crippen LogP contribution in [-0.4, -0.2) is 10.2 Å². The van der Waals surface area contributed by atoms with Gasteiger partial charge in [-0.2, -0.15) is 0 Å². The van der Waals surface area contributed by atoms with Gasteiger partial charge >= 0.3 is 0 Å². The molecule has 5 aromatic rings. The third-order valence-electron chi connectivity index (χ3n) is 6.36. The summed E-state index contributed by atoms with van der Waals surface area (Å²) in [7, 11) is 0. The lowest BCUT2D eigenvalue weighted by Gasteiger charge is -2.26. The van der Waals surface area contributed by atoms with Crippen molar-refractivity contribution in [3.8, 4) is 11.5 Å². The summed E-state index contributed by atoms with van der Waals surface area (Å²) in [6.07, 6.45) is 2.08. The molecule has 3 heteroatoms. The first kappa shape index (κ1) is 24.0.